The highest BCUT2D eigenvalue weighted by Gasteiger charge is 2.37. The van der Waals surface area contributed by atoms with E-state index in [1.54, 1.807) is 0 Å². The summed E-state index contributed by atoms with van der Waals surface area (Å²) in [4.78, 5) is 16.5. The van der Waals surface area contributed by atoms with Gasteiger partial charge in [-0.2, -0.15) is 0 Å². The first kappa shape index (κ1) is 13.8. The van der Waals surface area contributed by atoms with Crippen LogP contribution in [0.3, 0.4) is 0 Å². The molecule has 2 fully saturated rings. The fourth-order valence-corrected chi connectivity index (χ4v) is 2.68. The predicted molar refractivity (Wildman–Crippen MR) is 70.2 cm³/mol. The molecule has 1 N–H and O–H groups in total. The van der Waals surface area contributed by atoms with Gasteiger partial charge in [0, 0.05) is 26.2 Å². The van der Waals surface area contributed by atoms with Gasteiger partial charge >= 0.3 is 0 Å². The van der Waals surface area contributed by atoms with Crippen LogP contribution in [0.15, 0.2) is 0 Å². The van der Waals surface area contributed by atoms with Gasteiger partial charge in [0.25, 0.3) is 0 Å². The Bertz CT molecular complexity index is 290. The van der Waals surface area contributed by atoms with Crippen molar-refractivity contribution in [3.63, 3.8) is 0 Å². The van der Waals surface area contributed by atoms with Gasteiger partial charge in [-0.15, -0.1) is 0 Å². The average molecular weight is 255 g/mol. The van der Waals surface area contributed by atoms with E-state index >= 15 is 0 Å². The number of ether oxygens (including phenoxy) is 1. The Morgan fingerprint density at radius 1 is 1.33 bits per heavy atom. The van der Waals surface area contributed by atoms with E-state index in [-0.39, 0.29) is 18.1 Å². The Morgan fingerprint density at radius 3 is 2.61 bits per heavy atom. The van der Waals surface area contributed by atoms with Gasteiger partial charge in [0.15, 0.2) is 0 Å². The number of morpholine rings is 1. The van der Waals surface area contributed by atoms with E-state index < -0.39 is 0 Å². The van der Waals surface area contributed by atoms with Crippen LogP contribution in [0, 0.1) is 5.92 Å². The molecule has 0 aliphatic carbocycles. The zero-order valence-electron chi connectivity index (χ0n) is 11.7. The number of nitrogens with one attached hydrogen (secondary N) is 1. The van der Waals surface area contributed by atoms with Gasteiger partial charge < -0.3 is 9.64 Å². The summed E-state index contributed by atoms with van der Waals surface area (Å²) >= 11 is 0. The minimum atomic E-state index is -0.0397. The van der Waals surface area contributed by atoms with Crippen LogP contribution in [-0.4, -0.2) is 67.3 Å². The first-order chi connectivity index (χ1) is 8.59. The summed E-state index contributed by atoms with van der Waals surface area (Å²) in [5, 5.41) is 3.37. The molecule has 0 spiro atoms. The van der Waals surface area contributed by atoms with E-state index in [1.165, 1.54) is 0 Å². The first-order valence-corrected chi connectivity index (χ1v) is 6.96. The molecule has 0 bridgehead atoms. The monoisotopic (exact) mass is 255 g/mol. The number of hydrogen-bond donors (Lipinski definition) is 1. The molecule has 2 aliphatic rings. The third-order valence-corrected chi connectivity index (χ3v) is 3.80. The van der Waals surface area contributed by atoms with Gasteiger partial charge in [0.2, 0.25) is 5.91 Å². The number of carbonyl (C=O) groups excluding carboxylic acids is 1. The van der Waals surface area contributed by atoms with Crippen LogP contribution >= 0.6 is 0 Å². The van der Waals surface area contributed by atoms with Crippen LogP contribution in [-0.2, 0) is 9.53 Å². The van der Waals surface area contributed by atoms with Crippen molar-refractivity contribution in [2.75, 3.05) is 39.4 Å². The molecule has 2 rings (SSSR count). The molecule has 2 aliphatic heterocycles. The lowest BCUT2D eigenvalue weighted by atomic mass is 10.1. The summed E-state index contributed by atoms with van der Waals surface area (Å²) < 4.78 is 5.33. The van der Waals surface area contributed by atoms with Gasteiger partial charge in [0.1, 0.15) is 0 Å². The summed E-state index contributed by atoms with van der Waals surface area (Å²) in [7, 11) is 0. The smallest absolute Gasteiger partial charge is 0.240 e. The number of rotatable bonds is 4. The zero-order chi connectivity index (χ0) is 13.1. The van der Waals surface area contributed by atoms with Gasteiger partial charge in [-0.25, -0.2) is 0 Å². The van der Waals surface area contributed by atoms with Crippen molar-refractivity contribution in [2.24, 2.45) is 5.92 Å². The molecule has 104 valence electrons. The third kappa shape index (κ3) is 3.02. The molecule has 2 unspecified atom stereocenters. The van der Waals surface area contributed by atoms with Crippen LogP contribution in [0.5, 0.6) is 0 Å². The summed E-state index contributed by atoms with van der Waals surface area (Å²) in [6, 6.07) is -0.0397. The van der Waals surface area contributed by atoms with E-state index in [0.717, 1.165) is 39.4 Å². The fraction of sp³-hybridized carbons (Fsp3) is 0.923. The molecule has 2 atom stereocenters. The molecule has 0 radical (unpaired) electrons. The normalized spacial score (nSPS) is 30.4. The van der Waals surface area contributed by atoms with Crippen molar-refractivity contribution < 1.29 is 9.53 Å². The SMILES string of the molecule is CC1NC(C(C)C)N(CCN2CCOCC2)C1=O. The number of hydrogen-bond acceptors (Lipinski definition) is 4. The molecule has 0 saturated carbocycles. The maximum absolute atomic E-state index is 12.1. The second kappa shape index (κ2) is 5.99. The molecule has 2 saturated heterocycles. The van der Waals surface area contributed by atoms with Crippen LogP contribution in [0.4, 0.5) is 0 Å². The molecule has 2 heterocycles. The van der Waals surface area contributed by atoms with E-state index in [2.05, 4.69) is 24.1 Å². The zero-order valence-corrected chi connectivity index (χ0v) is 11.7. The number of amides is 1. The topological polar surface area (TPSA) is 44.8 Å². The summed E-state index contributed by atoms with van der Waals surface area (Å²) in [6.45, 7) is 11.6. The highest BCUT2D eigenvalue weighted by Crippen LogP contribution is 2.17. The Kier molecular flexibility index (Phi) is 4.59. The largest absolute Gasteiger partial charge is 0.379 e. The molecule has 5 nitrogen and oxygen atoms in total. The van der Waals surface area contributed by atoms with Gasteiger partial charge in [0.05, 0.1) is 25.4 Å². The van der Waals surface area contributed by atoms with Crippen LogP contribution in [0.2, 0.25) is 0 Å². The predicted octanol–water partition coefficient (Wildman–Crippen LogP) is 0.121. The van der Waals surface area contributed by atoms with Crippen LogP contribution < -0.4 is 5.32 Å². The van der Waals surface area contributed by atoms with Crippen molar-refractivity contribution in [3.8, 4) is 0 Å². The molecule has 0 aromatic rings. The Labute approximate surface area is 109 Å². The highest BCUT2D eigenvalue weighted by molar-refractivity contribution is 5.83. The Hall–Kier alpha value is -0.650. The Balaban J connectivity index is 1.87. The van der Waals surface area contributed by atoms with E-state index in [0.29, 0.717) is 5.92 Å². The average Bonchev–Trinajstić information content (AvgIpc) is 2.65. The summed E-state index contributed by atoms with van der Waals surface area (Å²) in [5.41, 5.74) is 0. The minimum Gasteiger partial charge on any atom is -0.379 e. The molecule has 0 aromatic heterocycles. The summed E-state index contributed by atoms with van der Waals surface area (Å²) in [6.07, 6.45) is 0.188. The Morgan fingerprint density at radius 2 is 2.00 bits per heavy atom. The highest BCUT2D eigenvalue weighted by atomic mass is 16.5. The molecule has 5 heteroatoms. The number of nitrogens with zero attached hydrogens (tertiary/aromatic N) is 2. The lowest BCUT2D eigenvalue weighted by Gasteiger charge is -2.31. The van der Waals surface area contributed by atoms with Crippen molar-refractivity contribution >= 4 is 5.91 Å². The standard InChI is InChI=1S/C13H25N3O2/c1-10(2)12-14-11(3)13(17)16(12)5-4-15-6-8-18-9-7-15/h10-12,14H,4-9H2,1-3H3. The van der Waals surface area contributed by atoms with E-state index in [4.69, 9.17) is 4.74 Å². The van der Waals surface area contributed by atoms with Crippen LogP contribution in [0.25, 0.3) is 0 Å². The van der Waals surface area contributed by atoms with Crippen LogP contribution in [0.1, 0.15) is 20.8 Å². The number of carbonyl (C=O) groups is 1. The molecule has 0 aromatic carbocycles. The van der Waals surface area contributed by atoms with Gasteiger partial charge in [-0.1, -0.05) is 13.8 Å². The lowest BCUT2D eigenvalue weighted by molar-refractivity contribution is -0.130. The first-order valence-electron chi connectivity index (χ1n) is 6.96. The van der Waals surface area contributed by atoms with Gasteiger partial charge in [-0.05, 0) is 12.8 Å². The maximum Gasteiger partial charge on any atom is 0.240 e. The minimum absolute atomic E-state index is 0.0397. The molecule has 1 amide bonds. The summed E-state index contributed by atoms with van der Waals surface area (Å²) in [5.74, 6) is 0.686. The fourth-order valence-electron chi connectivity index (χ4n) is 2.68. The van der Waals surface area contributed by atoms with Crippen molar-refractivity contribution in [1.82, 2.24) is 15.1 Å². The lowest BCUT2D eigenvalue weighted by Crippen LogP contribution is -2.47. The molecular weight excluding hydrogens is 230 g/mol. The molecular formula is C13H25N3O2. The quantitative estimate of drug-likeness (QED) is 0.775. The van der Waals surface area contributed by atoms with Gasteiger partial charge in [-0.3, -0.25) is 15.0 Å². The van der Waals surface area contributed by atoms with E-state index in [1.807, 2.05) is 11.8 Å². The van der Waals surface area contributed by atoms with Crippen molar-refractivity contribution in [1.29, 1.82) is 0 Å². The second-order valence-electron chi connectivity index (χ2n) is 5.56. The van der Waals surface area contributed by atoms with Crippen molar-refractivity contribution in [3.05, 3.63) is 0 Å². The molecule has 18 heavy (non-hydrogen) atoms. The maximum atomic E-state index is 12.1. The van der Waals surface area contributed by atoms with Crippen molar-refractivity contribution in [2.45, 2.75) is 33.0 Å². The van der Waals surface area contributed by atoms with E-state index in [9.17, 15) is 4.79 Å². The third-order valence-electron chi connectivity index (χ3n) is 3.80. The second-order valence-corrected chi connectivity index (χ2v) is 5.56.